The van der Waals surface area contributed by atoms with Gasteiger partial charge in [-0.3, -0.25) is 12.2 Å². The first kappa shape index (κ1) is 42.0. The van der Waals surface area contributed by atoms with Gasteiger partial charge in [0.15, 0.2) is 0 Å². The van der Waals surface area contributed by atoms with Gasteiger partial charge in [-0.05, 0) is 45.9 Å². The molecule has 0 radical (unpaired) electrons. The van der Waals surface area contributed by atoms with Crippen LogP contribution in [0, 0.1) is 43.9 Å². The average Bonchev–Trinajstić information content (AvgIpc) is 3.73. The fourth-order valence-electron chi connectivity index (χ4n) is 6.08. The van der Waals surface area contributed by atoms with Gasteiger partial charge in [-0.2, -0.15) is 53.1 Å². The first-order chi connectivity index (χ1) is 20.3. The standard InChI is InChI=1S/C23H21.C11H17.C7H7.CH3.CH2.2ClH.Zr/c1-22(2)7-5-14-10-18-16(12-20(14)22)9-17-13-21-15(11-19(17)18)6-8-23(21,3)4;1-5-9-6-7-10(8-9)11(2,3)4;1-7-5-3-2-4-6-7;;;;;/h5-7,10-13H,9H2,1-4H3;7-9H,5H2,1-4H3;3-6H,1H3;1H3;1H2;2*1H;/q4*-1;;;;. The number of halogens is 2. The van der Waals surface area contributed by atoms with Crippen LogP contribution in [-0.4, -0.2) is 4.21 Å². The van der Waals surface area contributed by atoms with Crippen molar-refractivity contribution in [2.45, 2.75) is 86.0 Å². The van der Waals surface area contributed by atoms with Crippen molar-refractivity contribution < 1.29 is 24.2 Å². The van der Waals surface area contributed by atoms with E-state index >= 15 is 0 Å². The average molecular weight is 731 g/mol. The minimum Gasteiger partial charge on any atom is -0.358 e. The first-order valence-electron chi connectivity index (χ1n) is 15.5. The predicted octanol–water partition coefficient (Wildman–Crippen LogP) is 12.1. The quantitative estimate of drug-likeness (QED) is 0.171. The molecule has 0 fully saturated rings. The van der Waals surface area contributed by atoms with Crippen LogP contribution >= 0.6 is 24.8 Å². The maximum absolute atomic E-state index is 3.50. The minimum atomic E-state index is 0. The number of hydrogen-bond donors (Lipinski definition) is 0. The molecule has 4 aliphatic rings. The Kier molecular flexibility index (Phi) is 15.4. The summed E-state index contributed by atoms with van der Waals surface area (Å²) in [6, 6.07) is 20.5. The summed E-state index contributed by atoms with van der Waals surface area (Å²) in [5.41, 5.74) is 14.7. The van der Waals surface area contributed by atoms with E-state index in [1.54, 1.807) is 0 Å². The number of rotatable bonds is 1. The van der Waals surface area contributed by atoms with Crippen molar-refractivity contribution in [1.82, 2.24) is 0 Å². The summed E-state index contributed by atoms with van der Waals surface area (Å²) >= 11 is 1.30. The Bertz CT molecular complexity index is 1520. The third-order valence-corrected chi connectivity index (χ3v) is 8.88. The summed E-state index contributed by atoms with van der Waals surface area (Å²) in [6.45, 7) is 20.1. The van der Waals surface area contributed by atoms with Crippen molar-refractivity contribution in [3.8, 4) is 11.1 Å². The fourth-order valence-corrected chi connectivity index (χ4v) is 6.08. The normalized spacial score (nSPS) is 17.3. The Labute approximate surface area is 308 Å². The molecule has 0 spiro atoms. The molecule has 0 amide bonds. The molecule has 0 aliphatic heterocycles. The zero-order chi connectivity index (χ0) is 31.6. The van der Waals surface area contributed by atoms with Crippen LogP contribution in [0.2, 0.25) is 0 Å². The molecule has 246 valence electrons. The Balaban J connectivity index is 0.000000389. The molecule has 0 heterocycles. The van der Waals surface area contributed by atoms with Crippen molar-refractivity contribution >= 4 is 41.2 Å². The smallest absolute Gasteiger partial charge is 0.358 e. The minimum absolute atomic E-state index is 0. The van der Waals surface area contributed by atoms with Gasteiger partial charge >= 0.3 is 28.4 Å². The summed E-state index contributed by atoms with van der Waals surface area (Å²) in [5, 5.41) is 0. The molecule has 3 aromatic carbocycles. The summed E-state index contributed by atoms with van der Waals surface area (Å²) < 4.78 is 3.34. The summed E-state index contributed by atoms with van der Waals surface area (Å²) in [7, 11) is 0. The van der Waals surface area contributed by atoms with Crippen molar-refractivity contribution in [2.24, 2.45) is 11.3 Å². The van der Waals surface area contributed by atoms with Crippen molar-refractivity contribution in [2.75, 3.05) is 0 Å². The third-order valence-electron chi connectivity index (χ3n) is 8.88. The zero-order valence-corrected chi connectivity index (χ0v) is 33.6. The van der Waals surface area contributed by atoms with E-state index < -0.39 is 0 Å². The molecule has 4 aliphatic carbocycles. The van der Waals surface area contributed by atoms with Crippen LogP contribution in [0.1, 0.15) is 101 Å². The number of aryl methyl sites for hydroxylation is 1. The largest absolute Gasteiger partial charge is 0.358 e. The van der Waals surface area contributed by atoms with E-state index in [2.05, 4.69) is 139 Å². The van der Waals surface area contributed by atoms with Gasteiger partial charge in [0, 0.05) is 5.41 Å². The van der Waals surface area contributed by atoms with Crippen molar-refractivity contribution in [3.05, 3.63) is 137 Å². The number of allylic oxidation sites excluding steroid dienone is 6. The topological polar surface area (TPSA) is 0 Å². The summed E-state index contributed by atoms with van der Waals surface area (Å²) in [4.78, 5) is 0. The SMILES string of the molecule is CC1(C)[C-]=Cc2cc3c(cc21)Cc1cc2c(cc1-3)C=CC2(C)C.CCC1[C-]=CC(C(C)(C)C)=C1.Cc1cc[c-]cc1.Cl.Cl.[CH2]=[Zr].[CH3-]. The molecule has 0 aromatic heterocycles. The molecule has 7 rings (SSSR count). The number of fused-ring (bicyclic) bond motifs is 5. The van der Waals surface area contributed by atoms with Gasteiger partial charge in [-0.15, -0.1) is 36.4 Å². The molecule has 0 N–H and O–H groups in total. The van der Waals surface area contributed by atoms with Crippen LogP contribution in [0.4, 0.5) is 0 Å². The predicted molar refractivity (Wildman–Crippen MR) is 205 cm³/mol. The van der Waals surface area contributed by atoms with E-state index in [0.29, 0.717) is 11.3 Å². The summed E-state index contributed by atoms with van der Waals surface area (Å²) in [5.74, 6) is 0.573. The zero-order valence-electron chi connectivity index (χ0n) is 29.5. The van der Waals surface area contributed by atoms with E-state index in [4.69, 9.17) is 0 Å². The van der Waals surface area contributed by atoms with Crippen LogP contribution < -0.4 is 0 Å². The molecule has 0 saturated carbocycles. The van der Waals surface area contributed by atoms with E-state index in [0.717, 1.165) is 6.42 Å². The number of hydrogen-bond acceptors (Lipinski definition) is 0. The van der Waals surface area contributed by atoms with Gasteiger partial charge in [0.1, 0.15) is 0 Å². The van der Waals surface area contributed by atoms with E-state index in [9.17, 15) is 0 Å². The second-order valence-corrected chi connectivity index (χ2v) is 14.1. The Hall–Kier alpha value is -2.05. The molecular weight excluding hydrogens is 679 g/mol. The third kappa shape index (κ3) is 9.31. The Morgan fingerprint density at radius 1 is 0.870 bits per heavy atom. The molecular formula is C43H52Cl2Zr-4. The molecule has 0 saturated heterocycles. The van der Waals surface area contributed by atoms with Crippen LogP contribution in [0.3, 0.4) is 0 Å². The molecule has 0 bridgehead atoms. The molecule has 46 heavy (non-hydrogen) atoms. The van der Waals surface area contributed by atoms with Crippen LogP contribution in [0.5, 0.6) is 0 Å². The summed E-state index contributed by atoms with van der Waals surface area (Å²) in [6.07, 6.45) is 20.4. The molecule has 1 unspecified atom stereocenters. The van der Waals surface area contributed by atoms with E-state index in [1.807, 2.05) is 24.3 Å². The molecule has 3 heteroatoms. The van der Waals surface area contributed by atoms with Crippen LogP contribution in [-0.2, 0) is 41.5 Å². The second-order valence-electron chi connectivity index (χ2n) is 14.1. The van der Waals surface area contributed by atoms with Gasteiger partial charge in [0.25, 0.3) is 0 Å². The Morgan fingerprint density at radius 3 is 1.91 bits per heavy atom. The Morgan fingerprint density at radius 2 is 1.43 bits per heavy atom. The first-order valence-corrected chi connectivity index (χ1v) is 17.3. The number of benzene rings is 3. The van der Waals surface area contributed by atoms with Crippen molar-refractivity contribution in [1.29, 1.82) is 0 Å². The molecule has 1 atom stereocenters. The van der Waals surface area contributed by atoms with E-state index in [-0.39, 0.29) is 43.1 Å². The fraction of sp³-hybridized carbons (Fsp3) is 0.349. The van der Waals surface area contributed by atoms with Gasteiger partial charge in [-0.25, -0.2) is 12.2 Å². The van der Waals surface area contributed by atoms with Gasteiger partial charge < -0.3 is 7.43 Å². The van der Waals surface area contributed by atoms with Gasteiger partial charge in [0.2, 0.25) is 0 Å². The maximum Gasteiger partial charge on any atom is -0.358 e. The molecule has 3 aromatic rings. The van der Waals surface area contributed by atoms with Crippen molar-refractivity contribution in [3.63, 3.8) is 0 Å². The molecule has 0 nitrogen and oxygen atoms in total. The van der Waals surface area contributed by atoms with Gasteiger partial charge in [-0.1, -0.05) is 110 Å². The van der Waals surface area contributed by atoms with E-state index in [1.165, 1.54) is 86.3 Å². The second kappa shape index (κ2) is 16.9. The van der Waals surface area contributed by atoms with Crippen LogP contribution in [0.15, 0.2) is 72.3 Å². The monoisotopic (exact) mass is 728 g/mol. The van der Waals surface area contributed by atoms with Gasteiger partial charge in [0.05, 0.1) is 0 Å². The maximum atomic E-state index is 3.50. The van der Waals surface area contributed by atoms with Crippen LogP contribution in [0.25, 0.3) is 23.3 Å².